The molecule has 520 valence electrons. The average molecular weight is 1260 g/mol. The number of amides is 1. The van der Waals surface area contributed by atoms with Crippen LogP contribution in [0.3, 0.4) is 0 Å². The van der Waals surface area contributed by atoms with Gasteiger partial charge < -0.3 is 65.1 Å². The zero-order chi connectivity index (χ0) is 64.5. The van der Waals surface area contributed by atoms with Crippen molar-refractivity contribution in [2.75, 3.05) is 19.8 Å². The van der Waals surface area contributed by atoms with Crippen molar-refractivity contribution in [2.24, 2.45) is 0 Å². The molecule has 0 aromatic carbocycles. The van der Waals surface area contributed by atoms with Crippen LogP contribution in [0.5, 0.6) is 0 Å². The first kappa shape index (κ1) is 82.8. The summed E-state index contributed by atoms with van der Waals surface area (Å²) < 4.78 is 22.9. The van der Waals surface area contributed by atoms with E-state index < -0.39 is 86.8 Å². The molecule has 2 heterocycles. The third-order valence-electron chi connectivity index (χ3n) is 18.0. The van der Waals surface area contributed by atoms with Crippen LogP contribution in [0.1, 0.15) is 316 Å². The van der Waals surface area contributed by atoms with Gasteiger partial charge in [-0.05, 0) is 57.8 Å². The molecule has 0 saturated carbocycles. The van der Waals surface area contributed by atoms with Gasteiger partial charge in [0, 0.05) is 6.42 Å². The van der Waals surface area contributed by atoms with Crippen LogP contribution in [0.25, 0.3) is 0 Å². The molecule has 1 amide bonds. The SMILES string of the molecule is CC/C=C\C/C=C\C/C=C\C/C=C\CCCCCCCCCCCCCCCCCCC(=O)NC(COC1OC(CO)C(OC2OC(CO)C(O)C(O)C2O)C(O)C1O)C(O)/C=C/CCCCCCCCCCCCCCCCCCCCCCCCCC. The molecule has 0 radical (unpaired) electrons. The van der Waals surface area contributed by atoms with Gasteiger partial charge in [0.1, 0.15) is 48.8 Å². The van der Waals surface area contributed by atoms with Crippen molar-refractivity contribution >= 4 is 5.91 Å². The lowest BCUT2D eigenvalue weighted by Gasteiger charge is -2.46. The van der Waals surface area contributed by atoms with Gasteiger partial charge in [0.15, 0.2) is 12.6 Å². The number of aliphatic hydroxyl groups excluding tert-OH is 8. The molecule has 12 atom stereocenters. The summed E-state index contributed by atoms with van der Waals surface area (Å²) in [5.41, 5.74) is 0. The van der Waals surface area contributed by atoms with E-state index in [2.05, 4.69) is 67.8 Å². The quantitative estimate of drug-likeness (QED) is 0.0204. The number of ether oxygens (including phenoxy) is 4. The third-order valence-corrected chi connectivity index (χ3v) is 18.0. The van der Waals surface area contributed by atoms with Gasteiger partial charge in [0.25, 0.3) is 0 Å². The number of nitrogens with one attached hydrogen (secondary N) is 1. The molecule has 0 aromatic heterocycles. The fourth-order valence-electron chi connectivity index (χ4n) is 12.1. The molecule has 2 aliphatic rings. The summed E-state index contributed by atoms with van der Waals surface area (Å²) in [4.78, 5) is 13.4. The van der Waals surface area contributed by atoms with Crippen LogP contribution in [0, 0.1) is 0 Å². The minimum atomic E-state index is -1.79. The minimum Gasteiger partial charge on any atom is -0.394 e. The Morgan fingerprint density at radius 1 is 0.416 bits per heavy atom. The van der Waals surface area contributed by atoms with Crippen LogP contribution in [0.4, 0.5) is 0 Å². The molecule has 14 nitrogen and oxygen atoms in total. The van der Waals surface area contributed by atoms with E-state index in [4.69, 9.17) is 18.9 Å². The molecule has 0 aromatic rings. The monoisotopic (exact) mass is 1260 g/mol. The summed E-state index contributed by atoms with van der Waals surface area (Å²) >= 11 is 0. The van der Waals surface area contributed by atoms with Crippen molar-refractivity contribution in [1.82, 2.24) is 5.32 Å². The maximum absolute atomic E-state index is 13.4. The first-order chi connectivity index (χ1) is 43.6. The molecule has 12 unspecified atom stereocenters. The Kier molecular flexibility index (Phi) is 55.3. The molecule has 0 aliphatic carbocycles. The van der Waals surface area contributed by atoms with Crippen molar-refractivity contribution in [3.8, 4) is 0 Å². The topological polar surface area (TPSA) is 228 Å². The van der Waals surface area contributed by atoms with Gasteiger partial charge in [-0.1, -0.05) is 312 Å². The molecule has 2 aliphatic heterocycles. The molecule has 2 rings (SSSR count). The molecule has 89 heavy (non-hydrogen) atoms. The molecular weight excluding hydrogens is 1120 g/mol. The normalized spacial score (nSPS) is 23.3. The van der Waals surface area contributed by atoms with Crippen LogP contribution in [-0.2, 0) is 23.7 Å². The van der Waals surface area contributed by atoms with E-state index in [0.29, 0.717) is 6.42 Å². The summed E-state index contributed by atoms with van der Waals surface area (Å²) in [5.74, 6) is -0.236. The van der Waals surface area contributed by atoms with Gasteiger partial charge in [0.2, 0.25) is 5.91 Å². The highest BCUT2D eigenvalue weighted by molar-refractivity contribution is 5.76. The Morgan fingerprint density at radius 2 is 0.775 bits per heavy atom. The standard InChI is InChI=1S/C75H137NO13/c1-3-5-7-9-11-13-15-17-19-21-23-25-27-29-31-32-33-35-37-39-41-43-45-47-49-51-53-55-57-59-67(80)76-63(62-86-74-72(85)70(83)73(66(61-78)88-74)89-75-71(84)69(82)68(81)65(60-77)87-75)64(79)58-56-54-52-50-48-46-44-42-40-38-36-34-30-28-26-24-22-20-18-16-14-12-10-8-6-4-2/h5,7,11,13,17,19,23,25,56,58,63-66,68-75,77-79,81-85H,3-4,6,8-10,12,14-16,18,20-22,24,26-55,57,59-62H2,1-2H3,(H,76,80)/b7-5-,13-11-,19-17-,25-23-,58-56+. The smallest absolute Gasteiger partial charge is 0.220 e. The Labute approximate surface area is 543 Å². The molecule has 2 saturated heterocycles. The summed E-state index contributed by atoms with van der Waals surface area (Å²) in [6, 6.07) is -0.918. The van der Waals surface area contributed by atoms with E-state index >= 15 is 0 Å². The van der Waals surface area contributed by atoms with E-state index in [1.54, 1.807) is 6.08 Å². The lowest BCUT2D eigenvalue weighted by molar-refractivity contribution is -0.359. The molecule has 9 N–H and O–H groups in total. The number of allylic oxidation sites excluding steroid dienone is 9. The first-order valence-electron chi connectivity index (χ1n) is 37.0. The van der Waals surface area contributed by atoms with Crippen LogP contribution >= 0.6 is 0 Å². The largest absolute Gasteiger partial charge is 0.394 e. The van der Waals surface area contributed by atoms with Crippen molar-refractivity contribution < 1.29 is 64.6 Å². The number of aliphatic hydroxyl groups is 8. The van der Waals surface area contributed by atoms with E-state index in [1.165, 1.54) is 225 Å². The number of hydrogen-bond acceptors (Lipinski definition) is 13. The molecule has 14 heteroatoms. The zero-order valence-corrected chi connectivity index (χ0v) is 56.7. The van der Waals surface area contributed by atoms with Crippen LogP contribution in [0.15, 0.2) is 60.8 Å². The summed E-state index contributed by atoms with van der Waals surface area (Å²) in [7, 11) is 0. The molecule has 2 fully saturated rings. The highest BCUT2D eigenvalue weighted by atomic mass is 16.7. The predicted octanol–water partition coefficient (Wildman–Crippen LogP) is 15.6. The molecular formula is C75H137NO13. The second kappa shape index (κ2) is 59.4. The Hall–Kier alpha value is -2.31. The van der Waals surface area contributed by atoms with Crippen molar-refractivity contribution in [3.05, 3.63) is 60.8 Å². The lowest BCUT2D eigenvalue weighted by Crippen LogP contribution is -2.65. The van der Waals surface area contributed by atoms with Gasteiger partial charge >= 0.3 is 0 Å². The van der Waals surface area contributed by atoms with Crippen LogP contribution in [-0.4, -0.2) is 140 Å². The summed E-state index contributed by atoms with van der Waals surface area (Å²) in [6.45, 7) is 2.73. The average Bonchev–Trinajstić information content (AvgIpc) is 2.51. The second-order valence-corrected chi connectivity index (χ2v) is 26.0. The van der Waals surface area contributed by atoms with E-state index in [1.807, 2.05) is 6.08 Å². The maximum atomic E-state index is 13.4. The zero-order valence-electron chi connectivity index (χ0n) is 56.7. The van der Waals surface area contributed by atoms with E-state index in [0.717, 1.165) is 64.2 Å². The summed E-state index contributed by atoms with van der Waals surface area (Å²) in [5, 5.41) is 87.6. The van der Waals surface area contributed by atoms with Gasteiger partial charge in [-0.2, -0.15) is 0 Å². The van der Waals surface area contributed by atoms with Gasteiger partial charge in [0.05, 0.1) is 32.0 Å². The second-order valence-electron chi connectivity index (χ2n) is 26.0. The Bertz CT molecular complexity index is 1720. The third kappa shape index (κ3) is 43.3. The number of hydrogen-bond donors (Lipinski definition) is 9. The lowest BCUT2D eigenvalue weighted by atomic mass is 9.97. The minimum absolute atomic E-state index is 0.236. The summed E-state index contributed by atoms with van der Waals surface area (Å²) in [6.07, 6.45) is 62.8. The van der Waals surface area contributed by atoms with Crippen LogP contribution < -0.4 is 5.32 Å². The Balaban J connectivity index is 1.66. The highest BCUT2D eigenvalue weighted by Crippen LogP contribution is 2.30. The highest BCUT2D eigenvalue weighted by Gasteiger charge is 2.51. The number of carbonyl (C=O) groups is 1. The molecule has 0 spiro atoms. The van der Waals surface area contributed by atoms with Crippen molar-refractivity contribution in [3.63, 3.8) is 0 Å². The first-order valence-corrected chi connectivity index (χ1v) is 37.0. The van der Waals surface area contributed by atoms with Crippen LogP contribution in [0.2, 0.25) is 0 Å². The number of rotatable bonds is 61. The van der Waals surface area contributed by atoms with Gasteiger partial charge in [-0.25, -0.2) is 0 Å². The number of unbranched alkanes of at least 4 members (excludes halogenated alkanes) is 40. The van der Waals surface area contributed by atoms with Crippen molar-refractivity contribution in [2.45, 2.75) is 389 Å². The fraction of sp³-hybridized carbons (Fsp3) is 0.853. The Morgan fingerprint density at radius 3 is 1.19 bits per heavy atom. The van der Waals surface area contributed by atoms with E-state index in [9.17, 15) is 45.6 Å². The fourth-order valence-corrected chi connectivity index (χ4v) is 12.1. The van der Waals surface area contributed by atoms with Crippen molar-refractivity contribution in [1.29, 1.82) is 0 Å². The molecule has 0 bridgehead atoms. The predicted molar refractivity (Wildman–Crippen MR) is 364 cm³/mol. The van der Waals surface area contributed by atoms with Gasteiger partial charge in [-0.3, -0.25) is 4.79 Å². The maximum Gasteiger partial charge on any atom is 0.220 e. The van der Waals surface area contributed by atoms with Gasteiger partial charge in [-0.15, -0.1) is 0 Å². The van der Waals surface area contributed by atoms with E-state index in [-0.39, 0.29) is 18.9 Å². The number of carbonyl (C=O) groups excluding carboxylic acids is 1.